The maximum absolute atomic E-state index is 13.8. The zero-order chi connectivity index (χ0) is 26.4. The summed E-state index contributed by atoms with van der Waals surface area (Å²) in [7, 11) is 0. The lowest BCUT2D eigenvalue weighted by Crippen LogP contribution is -2.66. The summed E-state index contributed by atoms with van der Waals surface area (Å²) in [4.78, 5) is 27.2. The maximum Gasteiger partial charge on any atom is 0.317 e. The molecule has 2 heterocycles. The van der Waals surface area contributed by atoms with E-state index < -0.39 is 11.2 Å². The quantitative estimate of drug-likeness (QED) is 0.604. The summed E-state index contributed by atoms with van der Waals surface area (Å²) in [6.07, 6.45) is 13.6. The molecule has 8 heteroatoms. The SMILES string of the molecule is CCN1CCN(C2(NC(=O)NC3(c4ccnc(C#N)n4)CCCCC3)C=CC(c3ccccc3)=CC2)CC1. The van der Waals surface area contributed by atoms with E-state index in [-0.39, 0.29) is 11.9 Å². The summed E-state index contributed by atoms with van der Waals surface area (Å²) in [6.45, 7) is 6.96. The minimum Gasteiger partial charge on any atom is -0.327 e. The molecule has 198 valence electrons. The molecule has 1 aliphatic heterocycles. The van der Waals surface area contributed by atoms with Gasteiger partial charge in [0.15, 0.2) is 0 Å². The number of aromatic nitrogens is 2. The molecule has 38 heavy (non-hydrogen) atoms. The Hall–Kier alpha value is -3.54. The van der Waals surface area contributed by atoms with Crippen LogP contribution in [-0.4, -0.2) is 64.2 Å². The Labute approximate surface area is 225 Å². The molecule has 0 radical (unpaired) electrons. The first-order valence-electron chi connectivity index (χ1n) is 13.8. The number of nitrogens with one attached hydrogen (secondary N) is 2. The number of carbonyl (C=O) groups excluding carboxylic acids is 1. The summed E-state index contributed by atoms with van der Waals surface area (Å²) in [5.41, 5.74) is 1.85. The van der Waals surface area contributed by atoms with E-state index in [1.807, 2.05) is 18.2 Å². The van der Waals surface area contributed by atoms with E-state index in [0.29, 0.717) is 6.42 Å². The third kappa shape index (κ3) is 5.50. The molecule has 2 N–H and O–H groups in total. The molecule has 2 amide bonds. The zero-order valence-corrected chi connectivity index (χ0v) is 22.2. The van der Waals surface area contributed by atoms with Crippen molar-refractivity contribution >= 4 is 11.6 Å². The van der Waals surface area contributed by atoms with Crippen LogP contribution in [0.15, 0.2) is 60.8 Å². The van der Waals surface area contributed by atoms with Crippen molar-refractivity contribution in [2.75, 3.05) is 32.7 Å². The fraction of sp³-hybridized carbons (Fsp3) is 0.467. The van der Waals surface area contributed by atoms with Crippen LogP contribution < -0.4 is 10.6 Å². The minimum absolute atomic E-state index is 0.133. The fourth-order valence-corrected chi connectivity index (χ4v) is 6.07. The van der Waals surface area contributed by atoms with Crippen LogP contribution in [0.5, 0.6) is 0 Å². The first-order chi connectivity index (χ1) is 18.6. The molecule has 2 aromatic rings. The van der Waals surface area contributed by atoms with Gasteiger partial charge in [-0.2, -0.15) is 5.26 Å². The van der Waals surface area contributed by atoms with Crippen molar-refractivity contribution in [3.63, 3.8) is 0 Å². The number of piperazine rings is 1. The molecule has 0 bridgehead atoms. The maximum atomic E-state index is 13.8. The second-order valence-corrected chi connectivity index (χ2v) is 10.5. The van der Waals surface area contributed by atoms with Gasteiger partial charge in [-0.25, -0.2) is 14.8 Å². The van der Waals surface area contributed by atoms with E-state index in [9.17, 15) is 10.1 Å². The van der Waals surface area contributed by atoms with Crippen LogP contribution in [0, 0.1) is 11.3 Å². The Balaban J connectivity index is 1.40. The summed E-state index contributed by atoms with van der Waals surface area (Å²) in [5.74, 6) is 0.133. The van der Waals surface area contributed by atoms with Gasteiger partial charge in [-0.1, -0.05) is 68.7 Å². The Bertz CT molecular complexity index is 1220. The van der Waals surface area contributed by atoms with Crippen LogP contribution in [0.3, 0.4) is 0 Å². The lowest BCUT2D eigenvalue weighted by atomic mass is 9.79. The first-order valence-corrected chi connectivity index (χ1v) is 13.8. The van der Waals surface area contributed by atoms with Crippen LogP contribution >= 0.6 is 0 Å². The Morgan fingerprint density at radius 2 is 1.82 bits per heavy atom. The summed E-state index contributed by atoms with van der Waals surface area (Å²) < 4.78 is 0. The molecule has 1 aromatic heterocycles. The Kier molecular flexibility index (Phi) is 7.87. The van der Waals surface area contributed by atoms with E-state index in [1.54, 1.807) is 6.20 Å². The van der Waals surface area contributed by atoms with Crippen molar-refractivity contribution in [2.45, 2.75) is 56.7 Å². The number of amides is 2. The van der Waals surface area contributed by atoms with Gasteiger partial charge in [0.25, 0.3) is 0 Å². The molecule has 1 saturated carbocycles. The normalized spacial score (nSPS) is 23.7. The molecule has 1 atom stereocenters. The summed E-state index contributed by atoms with van der Waals surface area (Å²) in [6, 6.07) is 14.0. The standard InChI is InChI=1S/C30H37N7O/c1-2-36-19-21-37(22-20-36)30(16-11-25(12-17-30)24-9-5-3-6-10-24)35-28(38)34-29(14-7-4-8-15-29)26-13-18-32-27(23-31)33-26/h3,5-6,9-13,16,18H,2,4,7-8,14-15,17,19-22H2,1H3,(H2,34,35,38). The average molecular weight is 512 g/mol. The van der Waals surface area contributed by atoms with Gasteiger partial charge >= 0.3 is 6.03 Å². The number of urea groups is 1. The number of allylic oxidation sites excluding steroid dienone is 2. The zero-order valence-electron chi connectivity index (χ0n) is 22.2. The molecular formula is C30H37N7O. The fourth-order valence-electron chi connectivity index (χ4n) is 6.07. The van der Waals surface area contributed by atoms with Crippen LogP contribution in [0.25, 0.3) is 5.57 Å². The molecule has 5 rings (SSSR count). The molecule has 0 spiro atoms. The topological polar surface area (TPSA) is 97.2 Å². The molecular weight excluding hydrogens is 474 g/mol. The number of hydrogen-bond donors (Lipinski definition) is 2. The van der Waals surface area contributed by atoms with E-state index >= 15 is 0 Å². The van der Waals surface area contributed by atoms with Gasteiger partial charge in [-0.15, -0.1) is 0 Å². The van der Waals surface area contributed by atoms with Crippen LogP contribution in [0.4, 0.5) is 4.79 Å². The van der Waals surface area contributed by atoms with E-state index in [4.69, 9.17) is 0 Å². The highest BCUT2D eigenvalue weighted by molar-refractivity contribution is 5.79. The third-order valence-electron chi connectivity index (χ3n) is 8.30. The predicted molar refractivity (Wildman–Crippen MR) is 148 cm³/mol. The summed E-state index contributed by atoms with van der Waals surface area (Å²) >= 11 is 0. The minimum atomic E-state index is -0.610. The van der Waals surface area contributed by atoms with E-state index in [0.717, 1.165) is 70.5 Å². The number of likely N-dealkylation sites (N-methyl/N-ethyl adjacent to an activating group) is 1. The lowest BCUT2D eigenvalue weighted by Gasteiger charge is -2.48. The highest BCUT2D eigenvalue weighted by Gasteiger charge is 2.42. The number of nitriles is 1. The van der Waals surface area contributed by atoms with Gasteiger partial charge in [0.1, 0.15) is 11.7 Å². The van der Waals surface area contributed by atoms with E-state index in [2.05, 4.69) is 79.8 Å². The largest absolute Gasteiger partial charge is 0.327 e. The summed E-state index contributed by atoms with van der Waals surface area (Å²) in [5, 5.41) is 16.1. The number of nitrogens with zero attached hydrogens (tertiary/aromatic N) is 5. The monoisotopic (exact) mass is 511 g/mol. The molecule has 8 nitrogen and oxygen atoms in total. The third-order valence-corrected chi connectivity index (χ3v) is 8.30. The van der Waals surface area contributed by atoms with Gasteiger partial charge in [0.05, 0.1) is 11.2 Å². The van der Waals surface area contributed by atoms with E-state index in [1.165, 1.54) is 11.1 Å². The van der Waals surface area contributed by atoms with Crippen LogP contribution in [-0.2, 0) is 5.54 Å². The highest BCUT2D eigenvalue weighted by atomic mass is 16.2. The first kappa shape index (κ1) is 26.1. The molecule has 1 saturated heterocycles. The molecule has 1 aromatic carbocycles. The number of carbonyl (C=O) groups is 1. The van der Waals surface area contributed by atoms with Crippen molar-refractivity contribution < 1.29 is 4.79 Å². The smallest absolute Gasteiger partial charge is 0.317 e. The Morgan fingerprint density at radius 3 is 2.47 bits per heavy atom. The van der Waals surface area contributed by atoms with Gasteiger partial charge in [0, 0.05) is 38.8 Å². The second kappa shape index (κ2) is 11.5. The number of hydrogen-bond acceptors (Lipinski definition) is 6. The van der Waals surface area contributed by atoms with Crippen molar-refractivity contribution in [3.05, 3.63) is 77.9 Å². The number of benzene rings is 1. The molecule has 3 aliphatic rings. The van der Waals surface area contributed by atoms with Gasteiger partial charge < -0.3 is 15.5 Å². The number of rotatable bonds is 6. The predicted octanol–water partition coefficient (Wildman–Crippen LogP) is 4.18. The van der Waals surface area contributed by atoms with Gasteiger partial charge in [0.2, 0.25) is 5.82 Å². The lowest BCUT2D eigenvalue weighted by molar-refractivity contribution is 0.0462. The Morgan fingerprint density at radius 1 is 1.05 bits per heavy atom. The second-order valence-electron chi connectivity index (χ2n) is 10.5. The van der Waals surface area contributed by atoms with Gasteiger partial charge in [-0.3, -0.25) is 4.90 Å². The van der Waals surface area contributed by atoms with Crippen molar-refractivity contribution in [2.24, 2.45) is 0 Å². The van der Waals surface area contributed by atoms with Crippen molar-refractivity contribution in [1.29, 1.82) is 5.26 Å². The van der Waals surface area contributed by atoms with Gasteiger partial charge in [-0.05, 0) is 42.7 Å². The average Bonchev–Trinajstić information content (AvgIpc) is 2.98. The van der Waals surface area contributed by atoms with Crippen LogP contribution in [0.2, 0.25) is 0 Å². The van der Waals surface area contributed by atoms with Crippen LogP contribution in [0.1, 0.15) is 62.5 Å². The molecule has 2 fully saturated rings. The molecule has 1 unspecified atom stereocenters. The van der Waals surface area contributed by atoms with Crippen molar-refractivity contribution in [1.82, 2.24) is 30.4 Å². The molecule has 2 aliphatic carbocycles. The van der Waals surface area contributed by atoms with Crippen molar-refractivity contribution in [3.8, 4) is 6.07 Å². The highest BCUT2D eigenvalue weighted by Crippen LogP contribution is 2.37.